The Kier molecular flexibility index (Phi) is 11.4. The summed E-state index contributed by atoms with van der Waals surface area (Å²) in [7, 11) is 0. The highest BCUT2D eigenvalue weighted by molar-refractivity contribution is 6.67. The molecule has 3 rings (SSSR count). The van der Waals surface area contributed by atoms with Crippen LogP contribution in [0.1, 0.15) is 77.0 Å². The van der Waals surface area contributed by atoms with Gasteiger partial charge in [0, 0.05) is 19.2 Å². The van der Waals surface area contributed by atoms with E-state index in [0.29, 0.717) is 25.5 Å². The number of rotatable bonds is 9. The van der Waals surface area contributed by atoms with E-state index in [1.807, 2.05) is 4.90 Å². The Bertz CT molecular complexity index is 652. The summed E-state index contributed by atoms with van der Waals surface area (Å²) in [6.45, 7) is 2.89. The highest BCUT2D eigenvalue weighted by Crippen LogP contribution is 2.33. The molecule has 3 aliphatic rings. The van der Waals surface area contributed by atoms with E-state index in [1.54, 1.807) is 0 Å². The van der Waals surface area contributed by atoms with Crippen LogP contribution < -0.4 is 5.32 Å². The molecule has 1 unspecified atom stereocenters. The van der Waals surface area contributed by atoms with Crippen molar-refractivity contribution in [2.45, 2.75) is 99.0 Å². The third-order valence-corrected chi connectivity index (χ3v) is 7.90. The van der Waals surface area contributed by atoms with Crippen molar-refractivity contribution in [1.29, 1.82) is 0 Å². The van der Waals surface area contributed by atoms with Gasteiger partial charge in [0.1, 0.15) is 6.04 Å². The predicted molar refractivity (Wildman–Crippen MR) is 136 cm³/mol. The van der Waals surface area contributed by atoms with Gasteiger partial charge in [0.15, 0.2) is 0 Å². The molecule has 1 aliphatic carbocycles. The number of halogens is 3. The maximum atomic E-state index is 13.9. The molecule has 0 aromatic carbocycles. The van der Waals surface area contributed by atoms with Crippen molar-refractivity contribution in [3.8, 4) is 0 Å². The zero-order chi connectivity index (χ0) is 24.6. The molecule has 1 saturated carbocycles. The molecule has 7 nitrogen and oxygen atoms in total. The smallest absolute Gasteiger partial charge is 0.408 e. The summed E-state index contributed by atoms with van der Waals surface area (Å²) in [5, 5.41) is 13.3. The molecule has 2 saturated heterocycles. The Morgan fingerprint density at radius 2 is 1.71 bits per heavy atom. The molecule has 2 N–H and O–H groups in total. The lowest BCUT2D eigenvalue weighted by Gasteiger charge is -2.41. The number of likely N-dealkylation sites (tertiary alicyclic amines) is 1. The van der Waals surface area contributed by atoms with Crippen LogP contribution in [-0.2, 0) is 9.53 Å². The average molecular weight is 541 g/mol. The maximum absolute atomic E-state index is 13.9. The van der Waals surface area contributed by atoms with Crippen molar-refractivity contribution in [2.24, 2.45) is 5.92 Å². The number of carboxylic acid groups (broad SMARTS) is 1. The van der Waals surface area contributed by atoms with Crippen molar-refractivity contribution in [2.75, 3.05) is 32.8 Å². The van der Waals surface area contributed by atoms with Gasteiger partial charge in [-0.25, -0.2) is 4.79 Å². The Labute approximate surface area is 218 Å². The summed E-state index contributed by atoms with van der Waals surface area (Å²) >= 11 is 18.0. The molecule has 2 heterocycles. The molecule has 0 bridgehead atoms. The summed E-state index contributed by atoms with van der Waals surface area (Å²) in [4.78, 5) is 29.1. The number of nitrogens with one attached hydrogen (secondary N) is 1. The van der Waals surface area contributed by atoms with Crippen LogP contribution in [-0.4, -0.2) is 81.7 Å². The molecular weight excluding hydrogens is 501 g/mol. The summed E-state index contributed by atoms with van der Waals surface area (Å²) in [5.41, 5.74) is 0. The van der Waals surface area contributed by atoms with Crippen LogP contribution in [0.2, 0.25) is 0 Å². The Morgan fingerprint density at radius 1 is 1.03 bits per heavy atom. The van der Waals surface area contributed by atoms with E-state index in [9.17, 15) is 14.7 Å². The van der Waals surface area contributed by atoms with Crippen LogP contribution in [0.15, 0.2) is 0 Å². The van der Waals surface area contributed by atoms with E-state index in [-0.39, 0.29) is 24.6 Å². The molecule has 3 fully saturated rings. The molecular formula is C24H40Cl3N3O4. The SMILES string of the molecule is O=C([C@@H](CC1CCCCC1)N(CC(Cl)(Cl)Cl)C(=O)O)N1CCCCC1CCOC1CCNCC1. The van der Waals surface area contributed by atoms with Gasteiger partial charge in [-0.2, -0.15) is 0 Å². The summed E-state index contributed by atoms with van der Waals surface area (Å²) in [5.74, 6) is 0.167. The van der Waals surface area contributed by atoms with E-state index in [1.165, 1.54) is 6.42 Å². The van der Waals surface area contributed by atoms with Crippen LogP contribution in [0.3, 0.4) is 0 Å². The van der Waals surface area contributed by atoms with Crippen molar-refractivity contribution >= 4 is 46.8 Å². The van der Waals surface area contributed by atoms with Gasteiger partial charge in [-0.1, -0.05) is 66.9 Å². The van der Waals surface area contributed by atoms with Gasteiger partial charge in [-0.05, 0) is 64.0 Å². The molecule has 2 aliphatic heterocycles. The molecule has 2 amide bonds. The van der Waals surface area contributed by atoms with Gasteiger partial charge in [0.05, 0.1) is 12.6 Å². The fourth-order valence-electron chi connectivity index (χ4n) is 5.72. The molecule has 34 heavy (non-hydrogen) atoms. The van der Waals surface area contributed by atoms with Crippen LogP contribution in [0.4, 0.5) is 4.79 Å². The molecule has 2 atom stereocenters. The number of ether oxygens (including phenoxy) is 1. The average Bonchev–Trinajstić information content (AvgIpc) is 2.82. The first-order chi connectivity index (χ1) is 16.2. The topological polar surface area (TPSA) is 82.1 Å². The molecule has 0 spiro atoms. The van der Waals surface area contributed by atoms with E-state index >= 15 is 0 Å². The van der Waals surface area contributed by atoms with Gasteiger partial charge in [0.25, 0.3) is 0 Å². The molecule has 0 aromatic heterocycles. The highest BCUT2D eigenvalue weighted by Gasteiger charge is 2.41. The van der Waals surface area contributed by atoms with Gasteiger partial charge < -0.3 is 20.1 Å². The monoisotopic (exact) mass is 539 g/mol. The maximum Gasteiger partial charge on any atom is 0.408 e. The van der Waals surface area contributed by atoms with Gasteiger partial charge >= 0.3 is 6.09 Å². The first kappa shape index (κ1) is 28.1. The Balaban J connectivity index is 1.70. The van der Waals surface area contributed by atoms with E-state index in [4.69, 9.17) is 39.5 Å². The number of hydrogen-bond acceptors (Lipinski definition) is 4. The normalized spacial score (nSPS) is 24.1. The van der Waals surface area contributed by atoms with E-state index < -0.39 is 15.9 Å². The second-order valence-corrected chi connectivity index (χ2v) is 12.6. The number of nitrogens with zero attached hydrogens (tertiary/aromatic N) is 2. The van der Waals surface area contributed by atoms with Crippen molar-refractivity contribution < 1.29 is 19.4 Å². The largest absolute Gasteiger partial charge is 0.465 e. The third-order valence-electron chi connectivity index (χ3n) is 7.54. The lowest BCUT2D eigenvalue weighted by Crippen LogP contribution is -2.56. The summed E-state index contributed by atoms with van der Waals surface area (Å²) < 4.78 is 4.33. The van der Waals surface area contributed by atoms with Crippen LogP contribution in [0.25, 0.3) is 0 Å². The number of piperidine rings is 2. The van der Waals surface area contributed by atoms with Crippen molar-refractivity contribution in [3.63, 3.8) is 0 Å². The van der Waals surface area contributed by atoms with Gasteiger partial charge in [-0.3, -0.25) is 9.69 Å². The Hall–Kier alpha value is -0.470. The second kappa shape index (κ2) is 13.7. The third kappa shape index (κ3) is 8.88. The molecule has 0 radical (unpaired) electrons. The molecule has 196 valence electrons. The fraction of sp³-hybridized carbons (Fsp3) is 0.917. The summed E-state index contributed by atoms with van der Waals surface area (Å²) in [6, 6.07) is -0.776. The predicted octanol–water partition coefficient (Wildman–Crippen LogP) is 5.22. The zero-order valence-corrected chi connectivity index (χ0v) is 22.3. The molecule has 10 heteroatoms. The lowest BCUT2D eigenvalue weighted by atomic mass is 9.84. The standard InChI is InChI=1S/C24H40Cl3N3O4/c25-24(26,27)17-30(23(32)33)21(16-18-6-2-1-3-7-18)22(31)29-14-5-4-8-19(29)11-15-34-20-9-12-28-13-10-20/h18-21,28H,1-17H2,(H,32,33)/t19?,21-/m1/s1. The highest BCUT2D eigenvalue weighted by atomic mass is 35.6. The number of carbonyl (C=O) groups excluding carboxylic acids is 1. The second-order valence-electron chi connectivity index (χ2n) is 10.1. The van der Waals surface area contributed by atoms with Gasteiger partial charge in [0.2, 0.25) is 9.70 Å². The fourth-order valence-corrected chi connectivity index (χ4v) is 6.11. The Morgan fingerprint density at radius 3 is 2.35 bits per heavy atom. The minimum Gasteiger partial charge on any atom is -0.465 e. The van der Waals surface area contributed by atoms with E-state index in [0.717, 1.165) is 82.2 Å². The van der Waals surface area contributed by atoms with Gasteiger partial charge in [-0.15, -0.1) is 0 Å². The quantitative estimate of drug-likeness (QED) is 0.392. The molecule has 0 aromatic rings. The van der Waals surface area contributed by atoms with Crippen LogP contribution >= 0.6 is 34.8 Å². The number of carbonyl (C=O) groups is 2. The minimum atomic E-state index is -1.78. The van der Waals surface area contributed by atoms with E-state index in [2.05, 4.69) is 5.32 Å². The summed E-state index contributed by atoms with van der Waals surface area (Å²) in [6.07, 6.45) is 10.7. The first-order valence-corrected chi connectivity index (χ1v) is 14.1. The lowest BCUT2D eigenvalue weighted by molar-refractivity contribution is -0.141. The van der Waals surface area contributed by atoms with Crippen molar-refractivity contribution in [3.05, 3.63) is 0 Å². The van der Waals surface area contributed by atoms with Crippen molar-refractivity contribution in [1.82, 2.24) is 15.1 Å². The van der Waals surface area contributed by atoms with Crippen LogP contribution in [0, 0.1) is 5.92 Å². The minimum absolute atomic E-state index is 0.0558. The number of hydrogen-bond donors (Lipinski definition) is 2. The zero-order valence-electron chi connectivity index (χ0n) is 20.0. The number of amides is 2. The number of alkyl halides is 3. The first-order valence-electron chi connectivity index (χ1n) is 12.9. The van der Waals surface area contributed by atoms with Crippen LogP contribution in [0.5, 0.6) is 0 Å².